The van der Waals surface area contributed by atoms with Crippen molar-refractivity contribution in [3.05, 3.63) is 483 Å². The lowest BCUT2D eigenvalue weighted by Crippen LogP contribution is -2.17. The zero-order chi connectivity index (χ0) is 85.6. The van der Waals surface area contributed by atoms with Crippen LogP contribution in [0.15, 0.2) is 470 Å². The summed E-state index contributed by atoms with van der Waals surface area (Å²) in [7, 11) is 0. The Kier molecular flexibility index (Phi) is 18.9. The minimum atomic E-state index is -0.200. The fraction of sp³-hybridized carbons (Fsp3) is 0.0484. The smallest absolute Gasteiger partial charge is 0.135 e. The molecule has 0 N–H and O–H groups in total. The summed E-state index contributed by atoms with van der Waals surface area (Å²) in [6.45, 7) is 9.50. The van der Waals surface area contributed by atoms with Crippen LogP contribution in [0.3, 0.4) is 0 Å². The Labute approximate surface area is 746 Å². The molecular weight excluding hydrogens is 1550 g/mol. The summed E-state index contributed by atoms with van der Waals surface area (Å²) in [6, 6.07) is 168. The van der Waals surface area contributed by atoms with Crippen molar-refractivity contribution in [3.63, 3.8) is 0 Å². The molecule has 0 fully saturated rings. The summed E-state index contributed by atoms with van der Waals surface area (Å²) < 4.78 is 12.3. The first-order valence-electron chi connectivity index (χ1n) is 44.3. The standard InChI is InChI=1S/C63H45NO.C61H43NO/c1-63(2)59-40-51(43-13-7-4-8-14-43)29-36-55(59)56-37-35-54(41-60(56)63)64(52-31-25-47(26-32-52)45-19-17-44(18-20-45)42-11-5-3-6-12-42)53-33-27-48(28-34-53)46-21-23-49(24-22-46)50-30-38-62-58(39-50)57-15-9-10-16-61(57)65-62;1-61(2)56-38-46(41-15-7-4-8-16-41)27-32-51(56)52-33-31-48(39-57(52)61)62(47-29-25-43(26-30-47)45-28-36-60-55(37-45)54-19-11-12-20-59(54)63-60)58-35-34-49(50-17-9-10-18-53(50)58)44-23-21-42(22-24-44)40-13-5-3-6-14-40/h3-41H,1-2H3;3-39H,1-2H3. The van der Waals surface area contributed by atoms with Gasteiger partial charge in [-0.05, 0) is 265 Å². The molecule has 2 aliphatic carbocycles. The maximum atomic E-state index is 6.17. The Morgan fingerprint density at radius 3 is 0.789 bits per heavy atom. The van der Waals surface area contributed by atoms with E-state index in [-0.39, 0.29) is 10.8 Å². The molecule has 20 aromatic carbocycles. The van der Waals surface area contributed by atoms with Gasteiger partial charge in [0.05, 0.1) is 5.69 Å². The van der Waals surface area contributed by atoms with E-state index in [1.54, 1.807) is 0 Å². The van der Waals surface area contributed by atoms with Gasteiger partial charge in [-0.25, -0.2) is 0 Å². The van der Waals surface area contributed by atoms with E-state index in [0.29, 0.717) is 0 Å². The van der Waals surface area contributed by atoms with Crippen molar-refractivity contribution < 1.29 is 8.83 Å². The number of para-hydroxylation sites is 2. The third-order valence-corrected chi connectivity index (χ3v) is 26.8. The summed E-state index contributed by atoms with van der Waals surface area (Å²) >= 11 is 0. The van der Waals surface area contributed by atoms with Crippen LogP contribution >= 0.6 is 0 Å². The molecule has 22 aromatic rings. The topological polar surface area (TPSA) is 32.8 Å². The van der Waals surface area contributed by atoms with Crippen molar-refractivity contribution in [1.82, 2.24) is 0 Å². The molecule has 0 saturated heterocycles. The SMILES string of the molecule is CC1(C)c2cc(-c3ccccc3)ccc2-c2ccc(N(c3ccc(-c4ccc(-c5ccccc5)cc4)cc3)c3ccc(-c4ccc(-c5ccc6oc7ccccc7c6c5)cc4)cc3)cc21.CC1(C)c2cc(-c3ccccc3)ccc2-c2ccc(N(c3ccc(-c4ccc5oc6ccccc6c5c4)cc3)c3ccc(-c4ccc(-c5ccccc5)cc4)c4ccccc34)cc21. The molecule has 0 bridgehead atoms. The van der Waals surface area contributed by atoms with Gasteiger partial charge in [0.1, 0.15) is 22.3 Å². The van der Waals surface area contributed by atoms with Gasteiger partial charge in [0.2, 0.25) is 0 Å². The van der Waals surface area contributed by atoms with Crippen molar-refractivity contribution in [3.8, 4) is 122 Å². The lowest BCUT2D eigenvalue weighted by molar-refractivity contribution is 0.660. The van der Waals surface area contributed by atoms with Crippen LogP contribution in [-0.2, 0) is 10.8 Å². The predicted molar refractivity (Wildman–Crippen MR) is 538 cm³/mol. The van der Waals surface area contributed by atoms with Gasteiger partial charge in [-0.1, -0.05) is 373 Å². The largest absolute Gasteiger partial charge is 0.456 e. The molecule has 128 heavy (non-hydrogen) atoms. The van der Waals surface area contributed by atoms with Crippen LogP contribution in [0.25, 0.3) is 177 Å². The highest BCUT2D eigenvalue weighted by atomic mass is 16.3. The predicted octanol–water partition coefficient (Wildman–Crippen LogP) is 34.9. The van der Waals surface area contributed by atoms with Crippen molar-refractivity contribution in [2.24, 2.45) is 0 Å². The first-order chi connectivity index (χ1) is 62.9. The van der Waals surface area contributed by atoms with Crippen molar-refractivity contribution in [2.45, 2.75) is 38.5 Å². The minimum absolute atomic E-state index is 0.180. The Morgan fingerprint density at radius 1 is 0.156 bits per heavy atom. The first kappa shape index (κ1) is 76.7. The molecule has 4 heteroatoms. The fourth-order valence-corrected chi connectivity index (χ4v) is 20.0. The van der Waals surface area contributed by atoms with Gasteiger partial charge >= 0.3 is 0 Å². The quantitative estimate of drug-likeness (QED) is 0.102. The van der Waals surface area contributed by atoms with Crippen molar-refractivity contribution in [1.29, 1.82) is 0 Å². The molecule has 0 saturated carbocycles. The van der Waals surface area contributed by atoms with Crippen LogP contribution in [0.4, 0.5) is 34.1 Å². The van der Waals surface area contributed by atoms with Gasteiger partial charge < -0.3 is 18.6 Å². The van der Waals surface area contributed by atoms with Gasteiger partial charge in [0.25, 0.3) is 0 Å². The molecule has 0 atom stereocenters. The Bertz CT molecular complexity index is 7970. The van der Waals surface area contributed by atoms with Crippen molar-refractivity contribution in [2.75, 3.05) is 9.80 Å². The van der Waals surface area contributed by atoms with Gasteiger partial charge in [-0.3, -0.25) is 0 Å². The Morgan fingerprint density at radius 2 is 0.398 bits per heavy atom. The number of furan rings is 2. The van der Waals surface area contributed by atoms with Crippen LogP contribution in [0, 0.1) is 0 Å². The molecule has 0 radical (unpaired) electrons. The lowest BCUT2D eigenvalue weighted by Gasteiger charge is -2.29. The number of hydrogen-bond donors (Lipinski definition) is 0. The van der Waals surface area contributed by atoms with E-state index >= 15 is 0 Å². The zero-order valence-electron chi connectivity index (χ0n) is 71.6. The average Bonchev–Trinajstić information content (AvgIpc) is 1.56. The molecule has 0 spiro atoms. The average molecular weight is 1640 g/mol. The minimum Gasteiger partial charge on any atom is -0.456 e. The van der Waals surface area contributed by atoms with Crippen LogP contribution < -0.4 is 9.80 Å². The summed E-state index contributed by atoms with van der Waals surface area (Å²) in [5.74, 6) is 0. The molecule has 2 heterocycles. The van der Waals surface area contributed by atoms with Crippen LogP contribution in [0.5, 0.6) is 0 Å². The second-order valence-electron chi connectivity index (χ2n) is 35.0. The van der Waals surface area contributed by atoms with Gasteiger partial charge in [-0.2, -0.15) is 0 Å². The van der Waals surface area contributed by atoms with E-state index in [0.717, 1.165) is 89.1 Å². The third-order valence-electron chi connectivity index (χ3n) is 26.8. The van der Waals surface area contributed by atoms with Gasteiger partial charge in [0.15, 0.2) is 0 Å². The van der Waals surface area contributed by atoms with Gasteiger partial charge in [0, 0.05) is 66.2 Å². The molecular formula is C124H88N2O2. The van der Waals surface area contributed by atoms with E-state index < -0.39 is 0 Å². The molecule has 2 aromatic heterocycles. The van der Waals surface area contributed by atoms with Crippen LogP contribution in [0.2, 0.25) is 0 Å². The molecule has 0 amide bonds. The zero-order valence-corrected chi connectivity index (χ0v) is 71.6. The summed E-state index contributed by atoms with van der Waals surface area (Å²) in [5.41, 5.74) is 42.3. The third kappa shape index (κ3) is 13.7. The molecule has 2 aliphatic rings. The number of rotatable bonds is 15. The van der Waals surface area contributed by atoms with E-state index in [1.807, 2.05) is 24.3 Å². The number of fused-ring (bicyclic) bond motifs is 13. The first-order valence-corrected chi connectivity index (χ1v) is 44.3. The van der Waals surface area contributed by atoms with E-state index in [9.17, 15) is 0 Å². The van der Waals surface area contributed by atoms with E-state index in [2.05, 4.69) is 474 Å². The van der Waals surface area contributed by atoms with Crippen LogP contribution in [0.1, 0.15) is 49.9 Å². The highest BCUT2D eigenvalue weighted by Gasteiger charge is 2.39. The highest BCUT2D eigenvalue weighted by molar-refractivity contribution is 6.09. The maximum Gasteiger partial charge on any atom is 0.135 e. The highest BCUT2D eigenvalue weighted by Crippen LogP contribution is 2.55. The lowest BCUT2D eigenvalue weighted by atomic mass is 9.81. The number of hydrogen-bond acceptors (Lipinski definition) is 4. The molecule has 0 aliphatic heterocycles. The van der Waals surface area contributed by atoms with E-state index in [1.165, 1.54) is 144 Å². The number of benzene rings is 20. The molecule has 0 unspecified atom stereocenters. The van der Waals surface area contributed by atoms with Gasteiger partial charge in [-0.15, -0.1) is 0 Å². The maximum absolute atomic E-state index is 6.17. The second-order valence-corrected chi connectivity index (χ2v) is 35.0. The van der Waals surface area contributed by atoms with Crippen molar-refractivity contribution >= 4 is 88.8 Å². The summed E-state index contributed by atoms with van der Waals surface area (Å²) in [5, 5.41) is 6.96. The monoisotopic (exact) mass is 1640 g/mol. The molecule has 24 rings (SSSR count). The number of nitrogens with zero attached hydrogens (tertiary/aromatic N) is 2. The number of anilines is 6. The second kappa shape index (κ2) is 31.6. The molecule has 4 nitrogen and oxygen atoms in total. The summed E-state index contributed by atoms with van der Waals surface area (Å²) in [6.07, 6.45) is 0. The Balaban J connectivity index is 0.000000147. The van der Waals surface area contributed by atoms with E-state index in [4.69, 9.17) is 8.83 Å². The Hall–Kier alpha value is -16.1. The normalized spacial score (nSPS) is 12.7. The summed E-state index contributed by atoms with van der Waals surface area (Å²) in [4.78, 5) is 4.86. The molecule has 606 valence electrons. The fourth-order valence-electron chi connectivity index (χ4n) is 20.0. The van der Waals surface area contributed by atoms with Crippen LogP contribution in [-0.4, -0.2) is 0 Å².